The molecule has 1 aliphatic carbocycles. The summed E-state index contributed by atoms with van der Waals surface area (Å²) in [6.07, 6.45) is 7.02. The predicted octanol–water partition coefficient (Wildman–Crippen LogP) is 3.41. The molecule has 1 unspecified atom stereocenters. The molecular weight excluding hydrogens is 241 g/mol. The molecule has 3 nitrogen and oxygen atoms in total. The van der Waals surface area contributed by atoms with E-state index in [2.05, 4.69) is 0 Å². The summed E-state index contributed by atoms with van der Waals surface area (Å²) in [7, 11) is 0. The fourth-order valence-corrected chi connectivity index (χ4v) is 2.70. The molecule has 0 amide bonds. The Morgan fingerprint density at radius 2 is 2.24 bits per heavy atom. The average molecular weight is 251 g/mol. The van der Waals surface area contributed by atoms with Crippen LogP contribution in [0.3, 0.4) is 0 Å². The molecule has 5 heteroatoms. The van der Waals surface area contributed by atoms with Gasteiger partial charge >= 0.3 is 0 Å². The fourth-order valence-electron chi connectivity index (χ4n) is 1.57. The molecule has 1 aromatic carbocycles. The molecule has 0 saturated carbocycles. The Bertz CT molecular complexity index is 501. The van der Waals surface area contributed by atoms with Gasteiger partial charge in [-0.05, 0) is 30.0 Å². The van der Waals surface area contributed by atoms with Crippen molar-refractivity contribution in [2.75, 3.05) is 0 Å². The maximum Gasteiger partial charge on any atom is 0.293 e. The van der Waals surface area contributed by atoms with Crippen molar-refractivity contribution in [2.45, 2.75) is 16.2 Å². The van der Waals surface area contributed by atoms with E-state index in [4.69, 9.17) is 0 Å². The third-order valence-corrected chi connectivity index (χ3v) is 3.71. The SMILES string of the molecule is O=[N+]([O-])C1(Sc2cccc(F)c2)C=CC=CC1. The molecule has 17 heavy (non-hydrogen) atoms. The average Bonchev–Trinajstić information content (AvgIpc) is 2.30. The lowest BCUT2D eigenvalue weighted by molar-refractivity contribution is -0.523. The van der Waals surface area contributed by atoms with Crippen LogP contribution in [0.4, 0.5) is 4.39 Å². The van der Waals surface area contributed by atoms with Crippen LogP contribution in [-0.4, -0.2) is 9.79 Å². The van der Waals surface area contributed by atoms with Crippen LogP contribution in [0.1, 0.15) is 6.42 Å². The number of nitrogens with zero attached hydrogens (tertiary/aromatic N) is 1. The Balaban J connectivity index is 2.28. The highest BCUT2D eigenvalue weighted by Crippen LogP contribution is 2.39. The van der Waals surface area contributed by atoms with E-state index in [0.29, 0.717) is 11.3 Å². The van der Waals surface area contributed by atoms with Crippen LogP contribution in [0.2, 0.25) is 0 Å². The molecule has 88 valence electrons. The van der Waals surface area contributed by atoms with Crippen molar-refractivity contribution in [3.63, 3.8) is 0 Å². The van der Waals surface area contributed by atoms with E-state index in [1.165, 1.54) is 12.1 Å². The topological polar surface area (TPSA) is 43.1 Å². The van der Waals surface area contributed by atoms with Crippen LogP contribution in [0.15, 0.2) is 53.5 Å². The van der Waals surface area contributed by atoms with E-state index in [-0.39, 0.29) is 10.7 Å². The van der Waals surface area contributed by atoms with Crippen LogP contribution >= 0.6 is 11.8 Å². The molecule has 0 spiro atoms. The van der Waals surface area contributed by atoms with Gasteiger partial charge in [-0.1, -0.05) is 24.3 Å². The van der Waals surface area contributed by atoms with Crippen molar-refractivity contribution >= 4 is 11.8 Å². The van der Waals surface area contributed by atoms with Crippen molar-refractivity contribution in [3.05, 3.63) is 64.5 Å². The van der Waals surface area contributed by atoms with Gasteiger partial charge in [0.05, 0.1) is 6.42 Å². The minimum absolute atomic E-state index is 0.303. The first kappa shape index (κ1) is 11.9. The van der Waals surface area contributed by atoms with Gasteiger partial charge in [0, 0.05) is 15.9 Å². The molecule has 0 aromatic heterocycles. The van der Waals surface area contributed by atoms with Crippen LogP contribution in [0.5, 0.6) is 0 Å². The largest absolute Gasteiger partial charge is 0.293 e. The van der Waals surface area contributed by atoms with E-state index < -0.39 is 4.87 Å². The highest BCUT2D eigenvalue weighted by Gasteiger charge is 2.41. The van der Waals surface area contributed by atoms with E-state index in [1.54, 1.807) is 36.4 Å². The summed E-state index contributed by atoms with van der Waals surface area (Å²) in [5.74, 6) is -0.385. The van der Waals surface area contributed by atoms with E-state index in [1.807, 2.05) is 0 Å². The van der Waals surface area contributed by atoms with Crippen molar-refractivity contribution in [3.8, 4) is 0 Å². The number of allylic oxidation sites excluding steroid dienone is 2. The van der Waals surface area contributed by atoms with Gasteiger partial charge < -0.3 is 0 Å². The molecule has 1 aliphatic rings. The van der Waals surface area contributed by atoms with Gasteiger partial charge in [0.15, 0.2) is 0 Å². The van der Waals surface area contributed by atoms with E-state index in [9.17, 15) is 14.5 Å². The molecule has 0 aliphatic heterocycles. The first-order valence-electron chi connectivity index (χ1n) is 5.06. The number of thioether (sulfide) groups is 1. The number of benzene rings is 1. The summed E-state index contributed by atoms with van der Waals surface area (Å²) in [6.45, 7) is 0. The quantitative estimate of drug-likeness (QED) is 0.469. The first-order chi connectivity index (χ1) is 8.12. The van der Waals surface area contributed by atoms with Crippen molar-refractivity contribution in [2.24, 2.45) is 0 Å². The minimum atomic E-state index is -1.22. The van der Waals surface area contributed by atoms with Crippen LogP contribution in [0.25, 0.3) is 0 Å². The number of nitro groups is 1. The highest BCUT2D eigenvalue weighted by molar-refractivity contribution is 8.00. The number of hydrogen-bond donors (Lipinski definition) is 0. The standard InChI is InChI=1S/C12H10FNO2S/c13-10-5-4-6-11(9-10)17-12(14(15)16)7-2-1-3-8-12/h1-7,9H,8H2. The number of rotatable bonds is 3. The summed E-state index contributed by atoms with van der Waals surface area (Å²) in [4.78, 5) is 10.2. The Labute approximate surface area is 102 Å². The zero-order chi connectivity index (χ0) is 12.3. The normalized spacial score (nSPS) is 22.6. The van der Waals surface area contributed by atoms with Gasteiger partial charge in [0.2, 0.25) is 0 Å². The molecule has 0 saturated heterocycles. The van der Waals surface area contributed by atoms with Crippen molar-refractivity contribution < 1.29 is 9.31 Å². The lowest BCUT2D eigenvalue weighted by Crippen LogP contribution is -2.32. The van der Waals surface area contributed by atoms with Gasteiger partial charge in [-0.2, -0.15) is 0 Å². The second-order valence-corrected chi connectivity index (χ2v) is 5.04. The predicted molar refractivity (Wildman–Crippen MR) is 64.9 cm³/mol. The van der Waals surface area contributed by atoms with Crippen LogP contribution in [-0.2, 0) is 0 Å². The van der Waals surface area contributed by atoms with Crippen LogP contribution < -0.4 is 0 Å². The minimum Gasteiger partial charge on any atom is -0.263 e. The summed E-state index contributed by atoms with van der Waals surface area (Å²) >= 11 is 1.06. The zero-order valence-electron chi connectivity index (χ0n) is 8.88. The second kappa shape index (κ2) is 4.71. The first-order valence-corrected chi connectivity index (χ1v) is 5.87. The Morgan fingerprint density at radius 3 is 2.82 bits per heavy atom. The Kier molecular flexibility index (Phi) is 3.28. The maximum atomic E-state index is 13.0. The summed E-state index contributed by atoms with van der Waals surface area (Å²) < 4.78 is 13.0. The van der Waals surface area contributed by atoms with Gasteiger partial charge in [0.1, 0.15) is 5.82 Å². The van der Waals surface area contributed by atoms with Crippen molar-refractivity contribution in [1.82, 2.24) is 0 Å². The van der Waals surface area contributed by atoms with E-state index in [0.717, 1.165) is 11.8 Å². The summed E-state index contributed by atoms with van der Waals surface area (Å²) in [5, 5.41) is 11.2. The highest BCUT2D eigenvalue weighted by atomic mass is 32.2. The van der Waals surface area contributed by atoms with Crippen LogP contribution in [0, 0.1) is 15.9 Å². The molecule has 1 aromatic rings. The molecule has 0 N–H and O–H groups in total. The van der Waals surface area contributed by atoms with Gasteiger partial charge in [-0.3, -0.25) is 10.1 Å². The maximum absolute atomic E-state index is 13.0. The Morgan fingerprint density at radius 1 is 1.41 bits per heavy atom. The molecule has 2 rings (SSSR count). The molecule has 1 atom stereocenters. The summed E-state index contributed by atoms with van der Waals surface area (Å²) in [6, 6.07) is 5.85. The zero-order valence-corrected chi connectivity index (χ0v) is 9.69. The van der Waals surface area contributed by atoms with Gasteiger partial charge in [-0.25, -0.2) is 4.39 Å². The summed E-state index contributed by atoms with van der Waals surface area (Å²) in [5.41, 5.74) is 0. The number of halogens is 1. The molecule has 0 heterocycles. The van der Waals surface area contributed by atoms with Crippen molar-refractivity contribution in [1.29, 1.82) is 0 Å². The van der Waals surface area contributed by atoms with Gasteiger partial charge in [-0.15, -0.1) is 0 Å². The smallest absolute Gasteiger partial charge is 0.263 e. The fraction of sp³-hybridized carbons (Fsp3) is 0.167. The lowest BCUT2D eigenvalue weighted by Gasteiger charge is -2.21. The third kappa shape index (κ3) is 2.55. The third-order valence-electron chi connectivity index (χ3n) is 2.41. The monoisotopic (exact) mass is 251 g/mol. The molecular formula is C12H10FNO2S. The van der Waals surface area contributed by atoms with Gasteiger partial charge in [0.25, 0.3) is 4.87 Å². The second-order valence-electron chi connectivity index (χ2n) is 3.65. The number of hydrogen-bond acceptors (Lipinski definition) is 3. The van der Waals surface area contributed by atoms with E-state index >= 15 is 0 Å². The molecule has 0 bridgehead atoms. The molecule has 0 fully saturated rings. The molecule has 0 radical (unpaired) electrons. The Hall–Kier alpha value is -1.62. The lowest BCUT2D eigenvalue weighted by atomic mass is 10.1.